The Labute approximate surface area is 98.5 Å². The van der Waals surface area contributed by atoms with Gasteiger partial charge in [-0.3, -0.25) is 15.6 Å². The maximum Gasteiger partial charge on any atom is 0.242 e. The van der Waals surface area contributed by atoms with Crippen molar-refractivity contribution in [3.63, 3.8) is 0 Å². The van der Waals surface area contributed by atoms with E-state index in [4.69, 9.17) is 5.73 Å². The molecule has 0 radical (unpaired) electrons. The Morgan fingerprint density at radius 2 is 1.75 bits per heavy atom. The van der Waals surface area contributed by atoms with Crippen molar-refractivity contribution < 1.29 is 14.7 Å². The number of nitrogens with two attached hydrogens (primary N) is 1. The van der Waals surface area contributed by atoms with Crippen LogP contribution in [-0.4, -0.2) is 17.0 Å². The van der Waals surface area contributed by atoms with Crippen LogP contribution in [0.3, 0.4) is 0 Å². The van der Waals surface area contributed by atoms with Crippen molar-refractivity contribution in [2.45, 2.75) is 25.7 Å². The minimum atomic E-state index is -1.17. The highest BCUT2D eigenvalue weighted by atomic mass is 32.1. The molecule has 1 aliphatic rings. The van der Waals surface area contributed by atoms with Crippen molar-refractivity contribution in [3.8, 4) is 0 Å². The van der Waals surface area contributed by atoms with Gasteiger partial charge in [-0.1, -0.05) is 12.8 Å². The van der Waals surface area contributed by atoms with Crippen molar-refractivity contribution in [1.29, 1.82) is 0 Å². The Morgan fingerprint density at radius 3 is 2.25 bits per heavy atom. The van der Waals surface area contributed by atoms with Gasteiger partial charge >= 0.3 is 0 Å². The lowest BCUT2D eigenvalue weighted by Gasteiger charge is -2.31. The number of carboxylic acid groups (broad SMARTS) is 1. The lowest BCUT2D eigenvalue weighted by Crippen LogP contribution is -2.50. The lowest BCUT2D eigenvalue weighted by atomic mass is 9.79. The van der Waals surface area contributed by atoms with E-state index in [1.165, 1.54) is 0 Å². The first-order valence-corrected chi connectivity index (χ1v) is 5.49. The molecule has 0 spiro atoms. The molecule has 1 fully saturated rings. The summed E-state index contributed by atoms with van der Waals surface area (Å²) in [5.74, 6) is -2.86. The number of hydrazine groups is 1. The summed E-state index contributed by atoms with van der Waals surface area (Å²) in [6, 6.07) is 0. The van der Waals surface area contributed by atoms with E-state index in [1.807, 2.05) is 0 Å². The number of amides is 1. The first kappa shape index (κ1) is 12.7. The smallest absolute Gasteiger partial charge is 0.242 e. The molecular weight excluding hydrogens is 230 g/mol. The Hall–Kier alpha value is -1.37. The molecule has 1 amide bonds. The fourth-order valence-electron chi connectivity index (χ4n) is 1.94. The second kappa shape index (κ2) is 5.64. The minimum absolute atomic E-state index is 0.0610. The van der Waals surface area contributed by atoms with Gasteiger partial charge in [0.2, 0.25) is 5.91 Å². The zero-order chi connectivity index (χ0) is 12.1. The molecule has 0 aromatic carbocycles. The van der Waals surface area contributed by atoms with Gasteiger partial charge in [0.25, 0.3) is 0 Å². The van der Waals surface area contributed by atoms with E-state index >= 15 is 0 Å². The Balaban J connectivity index is 2.57. The highest BCUT2D eigenvalue weighted by Gasteiger charge is 2.31. The number of hydrogen-bond acceptors (Lipinski definition) is 4. The lowest BCUT2D eigenvalue weighted by molar-refractivity contribution is -0.314. The summed E-state index contributed by atoms with van der Waals surface area (Å²) >= 11 is 4.52. The maximum atomic E-state index is 11.6. The van der Waals surface area contributed by atoms with Crippen LogP contribution in [0.2, 0.25) is 0 Å². The second-order valence-electron chi connectivity index (χ2n) is 3.79. The average molecular weight is 244 g/mol. The van der Waals surface area contributed by atoms with Crippen molar-refractivity contribution >= 4 is 29.2 Å². The molecule has 0 aliphatic heterocycles. The monoisotopic (exact) mass is 244 g/mol. The summed E-state index contributed by atoms with van der Waals surface area (Å²) in [5, 5.41) is 10.8. The summed E-state index contributed by atoms with van der Waals surface area (Å²) < 4.78 is 0. The number of aliphatic carboxylic acids is 1. The molecule has 2 atom stereocenters. The summed E-state index contributed by atoms with van der Waals surface area (Å²) in [4.78, 5) is 22.5. The Kier molecular flexibility index (Phi) is 4.48. The van der Waals surface area contributed by atoms with Crippen molar-refractivity contribution in [1.82, 2.24) is 10.9 Å². The van der Waals surface area contributed by atoms with Crippen LogP contribution in [0.4, 0.5) is 0 Å². The number of hydrogen-bond donors (Lipinski definition) is 3. The van der Waals surface area contributed by atoms with Gasteiger partial charge in [-0.05, 0) is 25.1 Å². The van der Waals surface area contributed by atoms with Gasteiger partial charge in [-0.2, -0.15) is 0 Å². The van der Waals surface area contributed by atoms with Gasteiger partial charge in [0, 0.05) is 17.8 Å². The van der Waals surface area contributed by atoms with E-state index in [2.05, 4.69) is 23.1 Å². The van der Waals surface area contributed by atoms with E-state index in [0.29, 0.717) is 12.8 Å². The highest BCUT2D eigenvalue weighted by Crippen LogP contribution is 2.29. The zero-order valence-electron chi connectivity index (χ0n) is 8.69. The molecule has 1 rings (SSSR count). The number of thiocarbonyl (C=S) groups is 1. The van der Waals surface area contributed by atoms with Crippen LogP contribution in [0.25, 0.3) is 0 Å². The zero-order valence-corrected chi connectivity index (χ0v) is 9.51. The van der Waals surface area contributed by atoms with Gasteiger partial charge < -0.3 is 15.6 Å². The van der Waals surface area contributed by atoms with Gasteiger partial charge in [-0.15, -0.1) is 0 Å². The predicted molar refractivity (Wildman–Crippen MR) is 58.5 cm³/mol. The number of carboxylic acids is 1. The third kappa shape index (κ3) is 3.34. The van der Waals surface area contributed by atoms with Gasteiger partial charge in [0.15, 0.2) is 5.11 Å². The Morgan fingerprint density at radius 1 is 1.19 bits per heavy atom. The summed E-state index contributed by atoms with van der Waals surface area (Å²) in [5.41, 5.74) is 9.73. The van der Waals surface area contributed by atoms with E-state index in [-0.39, 0.29) is 5.11 Å². The van der Waals surface area contributed by atoms with Crippen LogP contribution in [0, 0.1) is 11.8 Å². The van der Waals surface area contributed by atoms with Crippen molar-refractivity contribution in [2.75, 3.05) is 0 Å². The third-order valence-electron chi connectivity index (χ3n) is 2.71. The molecule has 16 heavy (non-hydrogen) atoms. The van der Waals surface area contributed by atoms with Crippen LogP contribution in [0.15, 0.2) is 0 Å². The number of nitrogens with one attached hydrogen (secondary N) is 2. The molecule has 4 N–H and O–H groups in total. The highest BCUT2D eigenvalue weighted by molar-refractivity contribution is 7.80. The fourth-order valence-corrected chi connectivity index (χ4v) is 1.99. The van der Waals surface area contributed by atoms with Crippen LogP contribution in [0.1, 0.15) is 25.7 Å². The van der Waals surface area contributed by atoms with E-state index < -0.39 is 23.7 Å². The quantitative estimate of drug-likeness (QED) is 0.399. The van der Waals surface area contributed by atoms with Crippen LogP contribution in [0.5, 0.6) is 0 Å². The number of rotatable bonds is 2. The normalized spacial score (nSPS) is 24.5. The third-order valence-corrected chi connectivity index (χ3v) is 2.82. The SMILES string of the molecule is NC(=S)NNC(=O)[C@H]1CCCC[C@H]1C(=O)[O-]. The molecule has 90 valence electrons. The molecule has 7 heteroatoms. The summed E-state index contributed by atoms with van der Waals surface area (Å²) in [6.07, 6.45) is 2.68. The van der Waals surface area contributed by atoms with Crippen LogP contribution >= 0.6 is 12.2 Å². The molecule has 0 saturated heterocycles. The molecule has 0 unspecified atom stereocenters. The van der Waals surface area contributed by atoms with Crippen LogP contribution in [-0.2, 0) is 9.59 Å². The molecule has 0 aromatic rings. The van der Waals surface area contributed by atoms with Crippen LogP contribution < -0.4 is 21.7 Å². The summed E-state index contributed by atoms with van der Waals surface area (Å²) in [7, 11) is 0. The molecule has 0 bridgehead atoms. The van der Waals surface area contributed by atoms with E-state index in [9.17, 15) is 14.7 Å². The van der Waals surface area contributed by atoms with Crippen molar-refractivity contribution in [3.05, 3.63) is 0 Å². The number of carbonyl (C=O) groups excluding carboxylic acids is 2. The second-order valence-corrected chi connectivity index (χ2v) is 4.23. The van der Waals surface area contributed by atoms with Gasteiger partial charge in [0.1, 0.15) is 0 Å². The molecular formula is C9H14N3O3S-. The maximum absolute atomic E-state index is 11.6. The minimum Gasteiger partial charge on any atom is -0.550 e. The Bertz CT molecular complexity index is 308. The van der Waals surface area contributed by atoms with E-state index in [0.717, 1.165) is 12.8 Å². The first-order chi connectivity index (χ1) is 7.52. The van der Waals surface area contributed by atoms with Crippen molar-refractivity contribution in [2.24, 2.45) is 17.6 Å². The largest absolute Gasteiger partial charge is 0.550 e. The molecule has 1 saturated carbocycles. The summed E-state index contributed by atoms with van der Waals surface area (Å²) in [6.45, 7) is 0. The fraction of sp³-hybridized carbons (Fsp3) is 0.667. The van der Waals surface area contributed by atoms with Gasteiger partial charge in [-0.25, -0.2) is 0 Å². The topological polar surface area (TPSA) is 107 Å². The first-order valence-electron chi connectivity index (χ1n) is 5.08. The molecule has 0 aromatic heterocycles. The molecule has 0 heterocycles. The standard InChI is InChI=1S/C9H15N3O3S/c10-9(16)12-11-7(13)5-3-1-2-4-6(5)8(14)15/h5-6H,1-4H2,(H,11,13)(H,14,15)(H3,10,12,16)/p-1/t5-,6+/m0/s1. The predicted octanol–water partition coefficient (Wildman–Crippen LogP) is -1.59. The average Bonchev–Trinajstić information content (AvgIpc) is 2.25. The van der Waals surface area contributed by atoms with E-state index in [1.54, 1.807) is 0 Å². The molecule has 1 aliphatic carbocycles. The van der Waals surface area contributed by atoms with Gasteiger partial charge in [0.05, 0.1) is 0 Å². The molecule has 6 nitrogen and oxygen atoms in total. The number of carbonyl (C=O) groups is 2.